The molecular formula is C19H28BrN5O. The second-order valence-corrected chi connectivity index (χ2v) is 7.16. The zero-order valence-corrected chi connectivity index (χ0v) is 17.8. The van der Waals surface area contributed by atoms with E-state index < -0.39 is 0 Å². The number of benzene rings is 1. The van der Waals surface area contributed by atoms with Crippen molar-refractivity contribution in [1.29, 1.82) is 0 Å². The van der Waals surface area contributed by atoms with Crippen molar-refractivity contribution < 1.29 is 4.74 Å². The van der Waals surface area contributed by atoms with Gasteiger partial charge in [-0.25, -0.2) is 0 Å². The molecule has 1 aromatic heterocycles. The molecule has 26 heavy (non-hydrogen) atoms. The van der Waals surface area contributed by atoms with Crippen LogP contribution in [0.15, 0.2) is 33.7 Å². The highest BCUT2D eigenvalue weighted by Gasteiger charge is 2.13. The minimum atomic E-state index is 0.659. The van der Waals surface area contributed by atoms with Gasteiger partial charge in [-0.05, 0) is 31.5 Å². The average Bonchev–Trinajstić information content (AvgIpc) is 2.89. The number of methoxy groups -OCH3 is 1. The summed E-state index contributed by atoms with van der Waals surface area (Å²) in [6, 6.07) is 8.34. The Morgan fingerprint density at radius 3 is 2.62 bits per heavy atom. The van der Waals surface area contributed by atoms with Crippen molar-refractivity contribution in [3.8, 4) is 0 Å². The van der Waals surface area contributed by atoms with E-state index in [9.17, 15) is 0 Å². The lowest BCUT2D eigenvalue weighted by molar-refractivity contribution is 0.182. The Labute approximate surface area is 164 Å². The zero-order chi connectivity index (χ0) is 19.1. The average molecular weight is 422 g/mol. The van der Waals surface area contributed by atoms with Crippen LogP contribution in [0.3, 0.4) is 0 Å². The third-order valence-corrected chi connectivity index (χ3v) is 4.90. The molecule has 0 radical (unpaired) electrons. The summed E-state index contributed by atoms with van der Waals surface area (Å²) in [7, 11) is 5.56. The van der Waals surface area contributed by atoms with Crippen molar-refractivity contribution in [2.45, 2.75) is 33.5 Å². The van der Waals surface area contributed by atoms with Crippen molar-refractivity contribution in [2.75, 3.05) is 27.8 Å². The number of hydrogen-bond donors (Lipinski definition) is 1. The van der Waals surface area contributed by atoms with E-state index in [-0.39, 0.29) is 0 Å². The molecule has 0 unspecified atom stereocenters. The maximum absolute atomic E-state index is 5.16. The summed E-state index contributed by atoms with van der Waals surface area (Å²) in [4.78, 5) is 6.52. The van der Waals surface area contributed by atoms with Gasteiger partial charge >= 0.3 is 0 Å². The minimum absolute atomic E-state index is 0.659. The molecular weight excluding hydrogens is 394 g/mol. The SMILES string of the molecule is CN=C(NCc1c(C)nn(CCOC)c1C)N(C)Cc1ccc(Br)cc1. The fraction of sp³-hybridized carbons (Fsp3) is 0.474. The van der Waals surface area contributed by atoms with Crippen LogP contribution in [0.2, 0.25) is 0 Å². The van der Waals surface area contributed by atoms with Gasteiger partial charge in [0.1, 0.15) is 0 Å². The molecule has 0 fully saturated rings. The van der Waals surface area contributed by atoms with Gasteiger partial charge in [0.15, 0.2) is 5.96 Å². The Balaban J connectivity index is 2.00. The molecule has 1 aromatic carbocycles. The highest BCUT2D eigenvalue weighted by atomic mass is 79.9. The van der Waals surface area contributed by atoms with Gasteiger partial charge in [-0.3, -0.25) is 9.67 Å². The van der Waals surface area contributed by atoms with Crippen LogP contribution >= 0.6 is 15.9 Å². The van der Waals surface area contributed by atoms with Crippen molar-refractivity contribution in [3.63, 3.8) is 0 Å². The van der Waals surface area contributed by atoms with Gasteiger partial charge in [-0.2, -0.15) is 5.10 Å². The van der Waals surface area contributed by atoms with Crippen LogP contribution in [-0.2, 0) is 24.4 Å². The molecule has 0 spiro atoms. The molecule has 2 rings (SSSR count). The number of guanidine groups is 1. The number of halogens is 1. The molecule has 0 aliphatic heterocycles. The lowest BCUT2D eigenvalue weighted by Gasteiger charge is -2.22. The highest BCUT2D eigenvalue weighted by Crippen LogP contribution is 2.14. The maximum Gasteiger partial charge on any atom is 0.193 e. The van der Waals surface area contributed by atoms with Crippen LogP contribution in [0.25, 0.3) is 0 Å². The molecule has 0 saturated carbocycles. The number of hydrogen-bond acceptors (Lipinski definition) is 3. The summed E-state index contributed by atoms with van der Waals surface area (Å²) < 4.78 is 8.25. The quantitative estimate of drug-likeness (QED) is 0.551. The Morgan fingerprint density at radius 2 is 2.00 bits per heavy atom. The van der Waals surface area contributed by atoms with E-state index >= 15 is 0 Å². The van der Waals surface area contributed by atoms with Gasteiger partial charge in [-0.15, -0.1) is 0 Å². The number of aryl methyl sites for hydroxylation is 1. The molecule has 0 aliphatic rings. The summed E-state index contributed by atoms with van der Waals surface area (Å²) >= 11 is 3.47. The van der Waals surface area contributed by atoms with E-state index in [0.29, 0.717) is 13.2 Å². The number of ether oxygens (including phenoxy) is 1. The van der Waals surface area contributed by atoms with E-state index in [4.69, 9.17) is 4.74 Å². The molecule has 0 aliphatic carbocycles. The third kappa shape index (κ3) is 5.32. The predicted octanol–water partition coefficient (Wildman–Crippen LogP) is 3.12. The number of aromatic nitrogens is 2. The molecule has 0 amide bonds. The smallest absolute Gasteiger partial charge is 0.193 e. The molecule has 1 heterocycles. The van der Waals surface area contributed by atoms with Crippen molar-refractivity contribution in [1.82, 2.24) is 20.0 Å². The van der Waals surface area contributed by atoms with Crippen molar-refractivity contribution in [3.05, 3.63) is 51.3 Å². The number of aliphatic imine (C=N–C) groups is 1. The van der Waals surface area contributed by atoms with Gasteiger partial charge in [0.05, 0.1) is 18.8 Å². The minimum Gasteiger partial charge on any atom is -0.383 e. The Morgan fingerprint density at radius 1 is 1.31 bits per heavy atom. The fourth-order valence-electron chi connectivity index (χ4n) is 2.88. The molecule has 2 aromatic rings. The fourth-order valence-corrected chi connectivity index (χ4v) is 3.14. The van der Waals surface area contributed by atoms with E-state index in [1.54, 1.807) is 7.11 Å². The van der Waals surface area contributed by atoms with Crippen molar-refractivity contribution in [2.24, 2.45) is 4.99 Å². The van der Waals surface area contributed by atoms with Gasteiger partial charge in [0.2, 0.25) is 0 Å². The zero-order valence-electron chi connectivity index (χ0n) is 16.2. The van der Waals surface area contributed by atoms with Crippen LogP contribution in [0, 0.1) is 13.8 Å². The molecule has 0 atom stereocenters. The number of nitrogens with zero attached hydrogens (tertiary/aromatic N) is 4. The summed E-state index contributed by atoms with van der Waals surface area (Å²) in [6.45, 7) is 7.05. The van der Waals surface area contributed by atoms with Gasteiger partial charge in [0, 0.05) is 50.0 Å². The second-order valence-electron chi connectivity index (χ2n) is 6.25. The van der Waals surface area contributed by atoms with E-state index in [1.165, 1.54) is 11.1 Å². The molecule has 0 bridgehead atoms. The molecule has 142 valence electrons. The topological polar surface area (TPSA) is 54.7 Å². The van der Waals surface area contributed by atoms with Crippen LogP contribution in [0.5, 0.6) is 0 Å². The van der Waals surface area contributed by atoms with E-state index in [0.717, 1.165) is 34.9 Å². The third-order valence-electron chi connectivity index (χ3n) is 4.37. The van der Waals surface area contributed by atoms with Gasteiger partial charge < -0.3 is 15.0 Å². The van der Waals surface area contributed by atoms with Crippen LogP contribution in [0.4, 0.5) is 0 Å². The number of rotatable bonds is 7. The molecule has 1 N–H and O–H groups in total. The first-order valence-electron chi connectivity index (χ1n) is 8.64. The van der Waals surface area contributed by atoms with E-state index in [2.05, 4.69) is 67.4 Å². The van der Waals surface area contributed by atoms with E-state index in [1.807, 2.05) is 25.7 Å². The molecule has 7 heteroatoms. The molecule has 0 saturated heterocycles. The van der Waals surface area contributed by atoms with Crippen LogP contribution in [0.1, 0.15) is 22.5 Å². The summed E-state index contributed by atoms with van der Waals surface area (Å²) in [5.74, 6) is 0.858. The van der Waals surface area contributed by atoms with Crippen LogP contribution < -0.4 is 5.32 Å². The first kappa shape index (κ1) is 20.5. The maximum atomic E-state index is 5.16. The first-order chi connectivity index (χ1) is 12.5. The Bertz CT molecular complexity index is 739. The number of nitrogens with one attached hydrogen (secondary N) is 1. The Hall–Kier alpha value is -1.86. The lowest BCUT2D eigenvalue weighted by Crippen LogP contribution is -2.38. The highest BCUT2D eigenvalue weighted by molar-refractivity contribution is 9.10. The summed E-state index contributed by atoms with van der Waals surface area (Å²) in [5.41, 5.74) is 4.65. The van der Waals surface area contributed by atoms with Crippen LogP contribution in [-0.4, -0.2) is 48.5 Å². The molecule has 6 nitrogen and oxygen atoms in total. The second kappa shape index (κ2) is 9.73. The lowest BCUT2D eigenvalue weighted by atomic mass is 10.2. The Kier molecular flexibility index (Phi) is 7.66. The predicted molar refractivity (Wildman–Crippen MR) is 109 cm³/mol. The normalized spacial score (nSPS) is 11.7. The summed E-state index contributed by atoms with van der Waals surface area (Å²) in [5, 5.41) is 8.06. The largest absolute Gasteiger partial charge is 0.383 e. The van der Waals surface area contributed by atoms with Gasteiger partial charge in [-0.1, -0.05) is 28.1 Å². The summed E-state index contributed by atoms with van der Waals surface area (Å²) in [6.07, 6.45) is 0. The van der Waals surface area contributed by atoms with Crippen molar-refractivity contribution >= 4 is 21.9 Å². The first-order valence-corrected chi connectivity index (χ1v) is 9.43. The van der Waals surface area contributed by atoms with Gasteiger partial charge in [0.25, 0.3) is 0 Å². The standard InChI is InChI=1S/C19H28BrN5O/c1-14-18(15(2)25(23-14)10-11-26-5)12-22-19(21-3)24(4)13-16-6-8-17(20)9-7-16/h6-9H,10-13H2,1-5H3,(H,21,22). The monoisotopic (exact) mass is 421 g/mol.